The van der Waals surface area contributed by atoms with Crippen molar-refractivity contribution in [1.82, 2.24) is 0 Å². The van der Waals surface area contributed by atoms with Crippen LogP contribution in [0, 0.1) is 6.92 Å². The van der Waals surface area contributed by atoms with E-state index in [1.807, 2.05) is 25.1 Å². The van der Waals surface area contributed by atoms with Crippen LogP contribution in [0.1, 0.15) is 5.56 Å². The molecule has 0 bridgehead atoms. The maximum absolute atomic E-state index is 9.53. The van der Waals surface area contributed by atoms with Crippen molar-refractivity contribution in [2.24, 2.45) is 0 Å². The Kier molecular flexibility index (Phi) is 1.62. The number of rotatable bonds is 0. The summed E-state index contributed by atoms with van der Waals surface area (Å²) in [5.74, 6) is -0.112. The second-order valence-electron chi connectivity index (χ2n) is 3.16. The van der Waals surface area contributed by atoms with Crippen molar-refractivity contribution in [3.8, 4) is 11.5 Å². The SMILES string of the molecule is Cc1ccc2ccc(O)c(O)c2c1. The molecule has 0 aliphatic heterocycles. The maximum atomic E-state index is 9.53. The van der Waals surface area contributed by atoms with E-state index < -0.39 is 0 Å². The van der Waals surface area contributed by atoms with Gasteiger partial charge >= 0.3 is 0 Å². The van der Waals surface area contributed by atoms with Gasteiger partial charge in [-0.2, -0.15) is 0 Å². The molecule has 2 aromatic carbocycles. The van der Waals surface area contributed by atoms with Gasteiger partial charge in [-0.05, 0) is 24.4 Å². The summed E-state index contributed by atoms with van der Waals surface area (Å²) in [4.78, 5) is 0. The van der Waals surface area contributed by atoms with Gasteiger partial charge in [-0.15, -0.1) is 0 Å². The fourth-order valence-electron chi connectivity index (χ4n) is 1.41. The van der Waals surface area contributed by atoms with Crippen LogP contribution in [0.5, 0.6) is 11.5 Å². The van der Waals surface area contributed by atoms with Crippen LogP contribution < -0.4 is 0 Å². The van der Waals surface area contributed by atoms with Crippen LogP contribution in [0.2, 0.25) is 0 Å². The zero-order chi connectivity index (χ0) is 9.42. The molecule has 0 saturated heterocycles. The first-order chi connectivity index (χ1) is 6.18. The van der Waals surface area contributed by atoms with Crippen LogP contribution in [-0.4, -0.2) is 10.2 Å². The van der Waals surface area contributed by atoms with Crippen LogP contribution in [0.25, 0.3) is 10.8 Å². The lowest BCUT2D eigenvalue weighted by Crippen LogP contribution is -1.77. The summed E-state index contributed by atoms with van der Waals surface area (Å²) < 4.78 is 0. The minimum absolute atomic E-state index is 0.0406. The van der Waals surface area contributed by atoms with Gasteiger partial charge in [0.1, 0.15) is 0 Å². The molecular weight excluding hydrogens is 164 g/mol. The van der Waals surface area contributed by atoms with Gasteiger partial charge in [-0.25, -0.2) is 0 Å². The molecule has 0 aliphatic carbocycles. The topological polar surface area (TPSA) is 40.5 Å². The molecule has 0 saturated carbocycles. The Labute approximate surface area is 76.1 Å². The Morgan fingerprint density at radius 1 is 1.00 bits per heavy atom. The predicted octanol–water partition coefficient (Wildman–Crippen LogP) is 2.56. The molecule has 2 aromatic rings. The van der Waals surface area contributed by atoms with Crippen molar-refractivity contribution in [2.45, 2.75) is 6.92 Å². The molecule has 13 heavy (non-hydrogen) atoms. The first kappa shape index (κ1) is 7.92. The minimum Gasteiger partial charge on any atom is -0.504 e. The van der Waals surface area contributed by atoms with E-state index in [4.69, 9.17) is 0 Å². The quantitative estimate of drug-likeness (QED) is 0.602. The Bertz CT molecular complexity index is 456. The van der Waals surface area contributed by atoms with Gasteiger partial charge in [0.15, 0.2) is 11.5 Å². The summed E-state index contributed by atoms with van der Waals surface area (Å²) in [7, 11) is 0. The molecule has 0 radical (unpaired) electrons. The van der Waals surface area contributed by atoms with Crippen LogP contribution in [0.15, 0.2) is 30.3 Å². The number of hydrogen-bond acceptors (Lipinski definition) is 2. The molecule has 2 nitrogen and oxygen atoms in total. The van der Waals surface area contributed by atoms with Crippen LogP contribution in [0.4, 0.5) is 0 Å². The lowest BCUT2D eigenvalue weighted by atomic mass is 10.1. The number of hydrogen-bond donors (Lipinski definition) is 2. The van der Waals surface area contributed by atoms with Gasteiger partial charge in [0.05, 0.1) is 0 Å². The monoisotopic (exact) mass is 174 g/mol. The Morgan fingerprint density at radius 2 is 1.69 bits per heavy atom. The molecule has 0 aliphatic rings. The predicted molar refractivity (Wildman–Crippen MR) is 52.0 cm³/mol. The molecule has 0 atom stereocenters. The lowest BCUT2D eigenvalue weighted by Gasteiger charge is -2.03. The summed E-state index contributed by atoms with van der Waals surface area (Å²) >= 11 is 0. The molecule has 0 aromatic heterocycles. The van der Waals surface area contributed by atoms with Crippen molar-refractivity contribution >= 4 is 10.8 Å². The third-order valence-corrected chi connectivity index (χ3v) is 2.13. The third kappa shape index (κ3) is 1.20. The number of fused-ring (bicyclic) bond motifs is 1. The van der Waals surface area contributed by atoms with Gasteiger partial charge in [0, 0.05) is 5.39 Å². The lowest BCUT2D eigenvalue weighted by molar-refractivity contribution is 0.408. The molecule has 0 spiro atoms. The minimum atomic E-state index is -0.0712. The number of aryl methyl sites for hydroxylation is 1. The van der Waals surface area contributed by atoms with E-state index in [0.29, 0.717) is 5.39 Å². The van der Waals surface area contributed by atoms with Gasteiger partial charge in [0.2, 0.25) is 0 Å². The fourth-order valence-corrected chi connectivity index (χ4v) is 1.41. The van der Waals surface area contributed by atoms with E-state index in [2.05, 4.69) is 0 Å². The standard InChI is InChI=1S/C11H10O2/c1-7-2-3-8-4-5-10(12)11(13)9(8)6-7/h2-6,12-13H,1H3. The van der Waals surface area contributed by atoms with Gasteiger partial charge in [-0.1, -0.05) is 23.8 Å². The van der Waals surface area contributed by atoms with Crippen molar-refractivity contribution in [3.63, 3.8) is 0 Å². The summed E-state index contributed by atoms with van der Waals surface area (Å²) in [5.41, 5.74) is 1.06. The van der Waals surface area contributed by atoms with Crippen LogP contribution in [0.3, 0.4) is 0 Å². The Morgan fingerprint density at radius 3 is 2.46 bits per heavy atom. The molecular formula is C11H10O2. The van der Waals surface area contributed by atoms with E-state index >= 15 is 0 Å². The number of aromatic hydroxyl groups is 2. The molecule has 0 unspecified atom stereocenters. The molecule has 0 fully saturated rings. The van der Waals surface area contributed by atoms with Gasteiger partial charge in [0.25, 0.3) is 0 Å². The molecule has 2 rings (SSSR count). The van der Waals surface area contributed by atoms with Crippen molar-refractivity contribution in [1.29, 1.82) is 0 Å². The summed E-state index contributed by atoms with van der Waals surface area (Å²) in [6.45, 7) is 1.95. The maximum Gasteiger partial charge on any atom is 0.165 e. The van der Waals surface area contributed by atoms with E-state index in [1.165, 1.54) is 6.07 Å². The Hall–Kier alpha value is -1.70. The first-order valence-electron chi connectivity index (χ1n) is 4.10. The smallest absolute Gasteiger partial charge is 0.165 e. The Balaban J connectivity index is 2.89. The normalized spacial score (nSPS) is 10.5. The van der Waals surface area contributed by atoms with E-state index in [9.17, 15) is 10.2 Å². The zero-order valence-corrected chi connectivity index (χ0v) is 7.28. The average molecular weight is 174 g/mol. The molecule has 66 valence electrons. The van der Waals surface area contributed by atoms with Gasteiger partial charge < -0.3 is 10.2 Å². The molecule has 2 heteroatoms. The highest BCUT2D eigenvalue weighted by Crippen LogP contribution is 2.33. The highest BCUT2D eigenvalue weighted by molar-refractivity contribution is 5.90. The summed E-state index contributed by atoms with van der Waals surface area (Å²) in [6, 6.07) is 9.02. The second kappa shape index (κ2) is 2.66. The number of benzene rings is 2. The second-order valence-corrected chi connectivity index (χ2v) is 3.16. The number of phenolic OH excluding ortho intramolecular Hbond substituents is 2. The molecule has 2 N–H and O–H groups in total. The van der Waals surface area contributed by atoms with Crippen molar-refractivity contribution < 1.29 is 10.2 Å². The first-order valence-corrected chi connectivity index (χ1v) is 4.10. The highest BCUT2D eigenvalue weighted by Gasteiger charge is 2.04. The van der Waals surface area contributed by atoms with E-state index in [1.54, 1.807) is 6.07 Å². The van der Waals surface area contributed by atoms with Gasteiger partial charge in [-0.3, -0.25) is 0 Å². The van der Waals surface area contributed by atoms with E-state index in [-0.39, 0.29) is 11.5 Å². The summed E-state index contributed by atoms with van der Waals surface area (Å²) in [5, 5.41) is 20.4. The average Bonchev–Trinajstić information content (AvgIpc) is 2.12. The zero-order valence-electron chi connectivity index (χ0n) is 7.28. The van der Waals surface area contributed by atoms with E-state index in [0.717, 1.165) is 10.9 Å². The van der Waals surface area contributed by atoms with Crippen molar-refractivity contribution in [2.75, 3.05) is 0 Å². The molecule has 0 heterocycles. The number of phenols is 2. The van der Waals surface area contributed by atoms with Crippen LogP contribution >= 0.6 is 0 Å². The summed E-state index contributed by atoms with van der Waals surface area (Å²) in [6.07, 6.45) is 0. The highest BCUT2D eigenvalue weighted by atomic mass is 16.3. The molecule has 0 amide bonds. The van der Waals surface area contributed by atoms with Crippen LogP contribution in [-0.2, 0) is 0 Å². The van der Waals surface area contributed by atoms with Crippen molar-refractivity contribution in [3.05, 3.63) is 35.9 Å². The third-order valence-electron chi connectivity index (χ3n) is 2.13. The fraction of sp³-hybridized carbons (Fsp3) is 0.0909. The largest absolute Gasteiger partial charge is 0.504 e.